The summed E-state index contributed by atoms with van der Waals surface area (Å²) in [6, 6.07) is 13.7. The van der Waals surface area contributed by atoms with Crippen molar-refractivity contribution < 1.29 is 9.13 Å². The monoisotopic (exact) mass is 538 g/mol. The van der Waals surface area contributed by atoms with Crippen molar-refractivity contribution in [3.8, 4) is 11.5 Å². The molecule has 0 unspecified atom stereocenters. The molecule has 0 fully saturated rings. The summed E-state index contributed by atoms with van der Waals surface area (Å²) in [6.45, 7) is 6.92. The zero-order valence-electron chi connectivity index (χ0n) is 17.7. The van der Waals surface area contributed by atoms with E-state index in [1.54, 1.807) is 18.5 Å². The van der Waals surface area contributed by atoms with Crippen LogP contribution in [0, 0.1) is 5.82 Å². The first-order chi connectivity index (χ1) is 14.7. The molecule has 31 heavy (non-hydrogen) atoms. The third kappa shape index (κ3) is 7.82. The zero-order valence-corrected chi connectivity index (χ0v) is 20.0. The Balaban J connectivity index is 0.00000341. The summed E-state index contributed by atoms with van der Waals surface area (Å²) in [5.41, 5.74) is 1.06. The van der Waals surface area contributed by atoms with Crippen LogP contribution < -0.4 is 15.4 Å². The number of hydrogen-bond donors (Lipinski definition) is 2. The van der Waals surface area contributed by atoms with Gasteiger partial charge in [-0.25, -0.2) is 9.38 Å². The smallest absolute Gasteiger partial charge is 0.191 e. The number of benzene rings is 2. The molecule has 9 heteroatoms. The Morgan fingerprint density at radius 1 is 1.03 bits per heavy atom. The molecule has 3 aromatic rings. The third-order valence-corrected chi connectivity index (χ3v) is 4.39. The molecule has 0 aliphatic heterocycles. The fourth-order valence-electron chi connectivity index (χ4n) is 2.85. The molecule has 0 aliphatic carbocycles. The zero-order chi connectivity index (χ0) is 21.2. The topological polar surface area (TPSA) is 76.4 Å². The van der Waals surface area contributed by atoms with Gasteiger partial charge in [0.2, 0.25) is 0 Å². The molecule has 2 N–H and O–H groups in total. The molecule has 3 rings (SSSR count). The molecule has 0 saturated heterocycles. The van der Waals surface area contributed by atoms with E-state index in [1.165, 1.54) is 12.1 Å². The van der Waals surface area contributed by atoms with Gasteiger partial charge in [-0.3, -0.25) is 0 Å². The van der Waals surface area contributed by atoms with Gasteiger partial charge in [0, 0.05) is 26.1 Å². The van der Waals surface area contributed by atoms with Gasteiger partial charge in [-0.2, -0.15) is 0 Å². The van der Waals surface area contributed by atoms with Gasteiger partial charge in [0.15, 0.2) is 5.96 Å². The lowest BCUT2D eigenvalue weighted by molar-refractivity contribution is 0.480. The third-order valence-electron chi connectivity index (χ3n) is 4.39. The number of aryl methyl sites for hydroxylation is 1. The summed E-state index contributed by atoms with van der Waals surface area (Å²) in [5.74, 6) is 2.74. The normalized spacial score (nSPS) is 11.0. The van der Waals surface area contributed by atoms with Crippen LogP contribution in [-0.2, 0) is 19.5 Å². The number of rotatable bonds is 9. The molecule has 0 atom stereocenters. The van der Waals surface area contributed by atoms with Gasteiger partial charge in [0.25, 0.3) is 0 Å². The van der Waals surface area contributed by atoms with Crippen LogP contribution in [-0.4, -0.2) is 33.8 Å². The maximum absolute atomic E-state index is 13.0. The van der Waals surface area contributed by atoms with Crippen LogP contribution in [0.2, 0.25) is 0 Å². The number of guanidine groups is 1. The minimum Gasteiger partial charge on any atom is -0.457 e. The molecule has 0 aliphatic rings. The quantitative estimate of drug-likeness (QED) is 0.243. The molecule has 2 aromatic carbocycles. The van der Waals surface area contributed by atoms with E-state index in [0.717, 1.165) is 43.4 Å². The second-order valence-corrected chi connectivity index (χ2v) is 6.62. The molecular weight excluding hydrogens is 510 g/mol. The molecule has 1 aromatic heterocycles. The minimum absolute atomic E-state index is 0. The second-order valence-electron chi connectivity index (χ2n) is 6.62. The summed E-state index contributed by atoms with van der Waals surface area (Å²) in [5, 5.41) is 14.6. The van der Waals surface area contributed by atoms with E-state index in [0.29, 0.717) is 18.0 Å². The van der Waals surface area contributed by atoms with Crippen molar-refractivity contribution in [1.82, 2.24) is 25.4 Å². The molecule has 0 bridgehead atoms. The van der Waals surface area contributed by atoms with Crippen molar-refractivity contribution in [1.29, 1.82) is 0 Å². The SMILES string of the molecule is CCNC(=NCc1ccc(Oc2ccc(F)cc2)cc1)NCCn1cnnc1CC.I. The van der Waals surface area contributed by atoms with E-state index in [4.69, 9.17) is 4.74 Å². The molecular formula is C22H28FIN6O. The number of hydrogen-bond acceptors (Lipinski definition) is 4. The Morgan fingerprint density at radius 2 is 1.71 bits per heavy atom. The number of aromatic nitrogens is 3. The van der Waals surface area contributed by atoms with E-state index in [9.17, 15) is 4.39 Å². The maximum atomic E-state index is 13.0. The lowest BCUT2D eigenvalue weighted by Crippen LogP contribution is -2.38. The van der Waals surface area contributed by atoms with Crippen LogP contribution in [0.3, 0.4) is 0 Å². The number of halogens is 2. The Hall–Kier alpha value is -2.69. The first kappa shape index (κ1) is 24.6. The fraction of sp³-hybridized carbons (Fsp3) is 0.318. The summed E-state index contributed by atoms with van der Waals surface area (Å²) in [6.07, 6.45) is 2.61. The van der Waals surface area contributed by atoms with Gasteiger partial charge in [-0.15, -0.1) is 34.2 Å². The molecule has 0 radical (unpaired) electrons. The number of nitrogens with zero attached hydrogens (tertiary/aromatic N) is 4. The van der Waals surface area contributed by atoms with Gasteiger partial charge >= 0.3 is 0 Å². The molecule has 0 spiro atoms. The fourth-order valence-corrected chi connectivity index (χ4v) is 2.85. The van der Waals surface area contributed by atoms with E-state index in [2.05, 4.69) is 32.7 Å². The van der Waals surface area contributed by atoms with Crippen LogP contribution in [0.4, 0.5) is 4.39 Å². The van der Waals surface area contributed by atoms with Crippen LogP contribution >= 0.6 is 24.0 Å². The molecule has 7 nitrogen and oxygen atoms in total. The summed E-state index contributed by atoms with van der Waals surface area (Å²) < 4.78 is 20.7. The summed E-state index contributed by atoms with van der Waals surface area (Å²) >= 11 is 0. The molecule has 0 saturated carbocycles. The average molecular weight is 538 g/mol. The van der Waals surface area contributed by atoms with Crippen molar-refractivity contribution in [2.45, 2.75) is 33.4 Å². The lowest BCUT2D eigenvalue weighted by atomic mass is 10.2. The summed E-state index contributed by atoms with van der Waals surface area (Å²) in [7, 11) is 0. The van der Waals surface area contributed by atoms with Gasteiger partial charge in [-0.05, 0) is 48.9 Å². The summed E-state index contributed by atoms with van der Waals surface area (Å²) in [4.78, 5) is 4.64. The Labute approximate surface area is 199 Å². The number of nitrogens with one attached hydrogen (secondary N) is 2. The van der Waals surface area contributed by atoms with Crippen molar-refractivity contribution in [2.75, 3.05) is 13.1 Å². The predicted octanol–water partition coefficient (Wildman–Crippen LogP) is 4.15. The van der Waals surface area contributed by atoms with Gasteiger partial charge in [0.05, 0.1) is 6.54 Å². The van der Waals surface area contributed by atoms with Crippen LogP contribution in [0.5, 0.6) is 11.5 Å². The molecule has 1 heterocycles. The van der Waals surface area contributed by atoms with Gasteiger partial charge < -0.3 is 19.9 Å². The standard InChI is InChI=1S/C22H27FN6O.HI/c1-3-21-28-27-16-29(21)14-13-25-22(24-4-2)26-15-17-5-9-19(10-6-17)30-20-11-7-18(23)8-12-20;/h5-12,16H,3-4,13-15H2,1-2H3,(H2,24,25,26);1H. The highest BCUT2D eigenvalue weighted by molar-refractivity contribution is 14.0. The first-order valence-electron chi connectivity index (χ1n) is 10.1. The van der Waals surface area contributed by atoms with E-state index < -0.39 is 0 Å². The maximum Gasteiger partial charge on any atom is 0.191 e. The Morgan fingerprint density at radius 3 is 2.35 bits per heavy atom. The number of aliphatic imine (C=N–C) groups is 1. The lowest BCUT2D eigenvalue weighted by Gasteiger charge is -2.12. The van der Waals surface area contributed by atoms with Gasteiger partial charge in [0.1, 0.15) is 29.5 Å². The van der Waals surface area contributed by atoms with E-state index >= 15 is 0 Å². The van der Waals surface area contributed by atoms with Crippen molar-refractivity contribution >= 4 is 29.9 Å². The minimum atomic E-state index is -0.284. The highest BCUT2D eigenvalue weighted by Crippen LogP contribution is 2.22. The van der Waals surface area contributed by atoms with Crippen molar-refractivity contribution in [2.24, 2.45) is 4.99 Å². The van der Waals surface area contributed by atoms with E-state index in [1.807, 2.05) is 35.8 Å². The highest BCUT2D eigenvalue weighted by atomic mass is 127. The molecule has 166 valence electrons. The van der Waals surface area contributed by atoms with Crippen LogP contribution in [0.1, 0.15) is 25.2 Å². The predicted molar refractivity (Wildman–Crippen MR) is 131 cm³/mol. The van der Waals surface area contributed by atoms with Gasteiger partial charge in [-0.1, -0.05) is 19.1 Å². The van der Waals surface area contributed by atoms with Crippen LogP contribution in [0.15, 0.2) is 59.9 Å². The first-order valence-corrected chi connectivity index (χ1v) is 10.1. The molecule has 0 amide bonds. The number of ether oxygens (including phenoxy) is 1. The Bertz CT molecular complexity index is 943. The largest absolute Gasteiger partial charge is 0.457 e. The van der Waals surface area contributed by atoms with Crippen molar-refractivity contribution in [3.05, 3.63) is 72.1 Å². The van der Waals surface area contributed by atoms with Crippen LogP contribution in [0.25, 0.3) is 0 Å². The Kier molecular flexibility index (Phi) is 10.2. The second kappa shape index (κ2) is 12.9. The van der Waals surface area contributed by atoms with E-state index in [-0.39, 0.29) is 29.8 Å². The van der Waals surface area contributed by atoms with Crippen molar-refractivity contribution in [3.63, 3.8) is 0 Å². The average Bonchev–Trinajstić information content (AvgIpc) is 3.22. The highest BCUT2D eigenvalue weighted by Gasteiger charge is 2.03.